The van der Waals surface area contributed by atoms with Gasteiger partial charge in [-0.15, -0.1) is 0 Å². The second-order valence-electron chi connectivity index (χ2n) is 8.61. The molecule has 0 aliphatic carbocycles. The Morgan fingerprint density at radius 2 is 1.82 bits per heavy atom. The second kappa shape index (κ2) is 11.6. The van der Waals surface area contributed by atoms with Gasteiger partial charge >= 0.3 is 0 Å². The molecule has 1 aliphatic rings. The minimum Gasteiger partial charge on any atom is -0.379 e. The largest absolute Gasteiger partial charge is 0.379 e. The third-order valence-corrected chi connectivity index (χ3v) is 7.54. The molecule has 1 aliphatic heterocycles. The Balaban J connectivity index is 1.78. The molecule has 184 valence electrons. The van der Waals surface area contributed by atoms with E-state index in [4.69, 9.17) is 4.74 Å². The summed E-state index contributed by atoms with van der Waals surface area (Å²) in [6.45, 7) is 6.62. The molecule has 0 bridgehead atoms. The van der Waals surface area contributed by atoms with Crippen molar-refractivity contribution >= 4 is 27.5 Å². The topological polar surface area (TPSA) is 105 Å². The molecule has 1 unspecified atom stereocenters. The van der Waals surface area contributed by atoms with E-state index in [0.29, 0.717) is 31.7 Å². The molecule has 9 heteroatoms. The van der Waals surface area contributed by atoms with E-state index in [1.54, 1.807) is 12.1 Å². The van der Waals surface area contributed by atoms with Gasteiger partial charge < -0.3 is 15.4 Å². The molecule has 34 heavy (non-hydrogen) atoms. The van der Waals surface area contributed by atoms with E-state index in [2.05, 4.69) is 10.6 Å². The highest BCUT2D eigenvalue weighted by atomic mass is 32.2. The van der Waals surface area contributed by atoms with Crippen LogP contribution in [0.4, 0.5) is 5.69 Å². The van der Waals surface area contributed by atoms with E-state index in [1.165, 1.54) is 23.4 Å². The van der Waals surface area contributed by atoms with Crippen LogP contribution in [0.15, 0.2) is 53.4 Å². The predicted octanol–water partition coefficient (Wildman–Crippen LogP) is 3.25. The number of sulfonamides is 1. The summed E-state index contributed by atoms with van der Waals surface area (Å²) in [6, 6.07) is 13.2. The van der Waals surface area contributed by atoms with Gasteiger partial charge in [-0.05, 0) is 62.1 Å². The Kier molecular flexibility index (Phi) is 8.82. The maximum Gasteiger partial charge on any atom is 0.243 e. The predicted molar refractivity (Wildman–Crippen MR) is 131 cm³/mol. The number of hydrogen-bond donors (Lipinski definition) is 2. The number of amides is 2. The summed E-state index contributed by atoms with van der Waals surface area (Å²) in [7, 11) is -3.86. The van der Waals surface area contributed by atoms with Crippen LogP contribution in [0.25, 0.3) is 0 Å². The van der Waals surface area contributed by atoms with Gasteiger partial charge in [-0.2, -0.15) is 4.31 Å². The Labute approximate surface area is 201 Å². The average Bonchev–Trinajstić information content (AvgIpc) is 2.78. The Bertz CT molecular complexity index is 1100. The lowest BCUT2D eigenvalue weighted by Gasteiger charge is -2.36. The first-order valence-corrected chi connectivity index (χ1v) is 13.0. The molecular formula is C25H33N3O5S. The monoisotopic (exact) mass is 487 g/mol. The Morgan fingerprint density at radius 3 is 2.50 bits per heavy atom. The van der Waals surface area contributed by atoms with Crippen molar-refractivity contribution in [2.45, 2.75) is 57.1 Å². The maximum absolute atomic E-state index is 13.6. The van der Waals surface area contributed by atoms with E-state index in [1.807, 2.05) is 38.1 Å². The molecule has 2 N–H and O–H groups in total. The molecule has 0 radical (unpaired) electrons. The van der Waals surface area contributed by atoms with Crippen molar-refractivity contribution in [3.63, 3.8) is 0 Å². The highest BCUT2D eigenvalue weighted by Gasteiger charge is 2.37. The standard InChI is InChI=1S/C25H33N3O5S/c1-18(2)33-16-6-14-26-25(30)17-24-23-8-5-4-7-20(23)13-15-28(24)34(31,32)22-11-9-21(10-12-22)27-19(3)29/h4-5,7-12,18,24H,6,13-17H2,1-3H3,(H,26,30)(H,27,29). The number of nitrogens with zero attached hydrogens (tertiary/aromatic N) is 1. The number of nitrogens with one attached hydrogen (secondary N) is 2. The van der Waals surface area contributed by atoms with Crippen LogP contribution in [0.5, 0.6) is 0 Å². The molecule has 0 aromatic heterocycles. The van der Waals surface area contributed by atoms with Crippen LogP contribution in [-0.4, -0.2) is 50.3 Å². The summed E-state index contributed by atoms with van der Waals surface area (Å²) >= 11 is 0. The molecule has 2 aromatic carbocycles. The third-order valence-electron chi connectivity index (χ3n) is 5.62. The SMILES string of the molecule is CC(=O)Nc1ccc(S(=O)(=O)N2CCc3ccccc3C2CC(=O)NCCCOC(C)C)cc1. The van der Waals surface area contributed by atoms with Crippen molar-refractivity contribution in [1.82, 2.24) is 9.62 Å². The van der Waals surface area contributed by atoms with Crippen LogP contribution in [0.1, 0.15) is 50.8 Å². The fourth-order valence-corrected chi connectivity index (χ4v) is 5.65. The molecule has 1 atom stereocenters. The van der Waals surface area contributed by atoms with Gasteiger partial charge in [-0.3, -0.25) is 9.59 Å². The summed E-state index contributed by atoms with van der Waals surface area (Å²) in [5.41, 5.74) is 2.43. The van der Waals surface area contributed by atoms with Gasteiger partial charge in [0.25, 0.3) is 0 Å². The number of rotatable bonds is 10. The Morgan fingerprint density at radius 1 is 1.12 bits per heavy atom. The van der Waals surface area contributed by atoms with Crippen LogP contribution in [0.2, 0.25) is 0 Å². The Hall–Kier alpha value is -2.75. The zero-order valence-corrected chi connectivity index (χ0v) is 20.7. The molecular weight excluding hydrogens is 454 g/mol. The maximum atomic E-state index is 13.6. The van der Waals surface area contributed by atoms with Crippen LogP contribution in [-0.2, 0) is 30.8 Å². The van der Waals surface area contributed by atoms with Crippen molar-refractivity contribution in [1.29, 1.82) is 0 Å². The molecule has 2 amide bonds. The molecule has 0 spiro atoms. The lowest BCUT2D eigenvalue weighted by atomic mass is 9.92. The zero-order chi connectivity index (χ0) is 24.7. The van der Waals surface area contributed by atoms with Crippen molar-refractivity contribution < 1.29 is 22.7 Å². The van der Waals surface area contributed by atoms with E-state index >= 15 is 0 Å². The number of fused-ring (bicyclic) bond motifs is 1. The van der Waals surface area contributed by atoms with Gasteiger partial charge in [0.15, 0.2) is 0 Å². The second-order valence-corrected chi connectivity index (χ2v) is 10.5. The van der Waals surface area contributed by atoms with Crippen LogP contribution in [0, 0.1) is 0 Å². The van der Waals surface area contributed by atoms with E-state index in [0.717, 1.165) is 11.1 Å². The first-order chi connectivity index (χ1) is 16.2. The highest BCUT2D eigenvalue weighted by Crippen LogP contribution is 2.36. The minimum absolute atomic E-state index is 0.0330. The first kappa shape index (κ1) is 25.9. The third kappa shape index (κ3) is 6.65. The summed E-state index contributed by atoms with van der Waals surface area (Å²) < 4.78 is 34.1. The fourth-order valence-electron chi connectivity index (χ4n) is 4.04. The van der Waals surface area contributed by atoms with Crippen LogP contribution >= 0.6 is 0 Å². The molecule has 3 rings (SSSR count). The number of carbonyl (C=O) groups excluding carboxylic acids is 2. The van der Waals surface area contributed by atoms with Gasteiger partial charge in [-0.25, -0.2) is 8.42 Å². The summed E-state index contributed by atoms with van der Waals surface area (Å²) in [4.78, 5) is 24.1. The minimum atomic E-state index is -3.86. The van der Waals surface area contributed by atoms with Crippen molar-refractivity contribution in [3.8, 4) is 0 Å². The molecule has 0 fully saturated rings. The fraction of sp³-hybridized carbons (Fsp3) is 0.440. The summed E-state index contributed by atoms with van der Waals surface area (Å²) in [6.07, 6.45) is 1.43. The van der Waals surface area contributed by atoms with Crippen molar-refractivity contribution in [2.75, 3.05) is 25.0 Å². The number of ether oxygens (including phenoxy) is 1. The lowest BCUT2D eigenvalue weighted by molar-refractivity contribution is -0.122. The van der Waals surface area contributed by atoms with Gasteiger partial charge in [-0.1, -0.05) is 24.3 Å². The molecule has 8 nitrogen and oxygen atoms in total. The lowest BCUT2D eigenvalue weighted by Crippen LogP contribution is -2.42. The van der Waals surface area contributed by atoms with E-state index in [9.17, 15) is 18.0 Å². The summed E-state index contributed by atoms with van der Waals surface area (Å²) in [5, 5.41) is 5.53. The zero-order valence-electron chi connectivity index (χ0n) is 19.9. The van der Waals surface area contributed by atoms with Crippen molar-refractivity contribution in [3.05, 3.63) is 59.7 Å². The van der Waals surface area contributed by atoms with Gasteiger partial charge in [0.2, 0.25) is 21.8 Å². The van der Waals surface area contributed by atoms with Crippen LogP contribution < -0.4 is 10.6 Å². The number of hydrogen-bond acceptors (Lipinski definition) is 5. The van der Waals surface area contributed by atoms with Crippen molar-refractivity contribution in [2.24, 2.45) is 0 Å². The van der Waals surface area contributed by atoms with Gasteiger partial charge in [0, 0.05) is 38.7 Å². The number of anilines is 1. The smallest absolute Gasteiger partial charge is 0.243 e. The normalized spacial score (nSPS) is 16.2. The molecule has 0 saturated carbocycles. The van der Waals surface area contributed by atoms with Gasteiger partial charge in [0.1, 0.15) is 0 Å². The highest BCUT2D eigenvalue weighted by molar-refractivity contribution is 7.89. The van der Waals surface area contributed by atoms with E-state index < -0.39 is 16.1 Å². The molecule has 0 saturated heterocycles. The first-order valence-electron chi connectivity index (χ1n) is 11.5. The average molecular weight is 488 g/mol. The molecule has 2 aromatic rings. The number of carbonyl (C=O) groups is 2. The van der Waals surface area contributed by atoms with Crippen LogP contribution in [0.3, 0.4) is 0 Å². The number of benzene rings is 2. The van der Waals surface area contributed by atoms with Gasteiger partial charge in [0.05, 0.1) is 17.0 Å². The molecule has 1 heterocycles. The quantitative estimate of drug-likeness (QED) is 0.501. The van der Waals surface area contributed by atoms with E-state index in [-0.39, 0.29) is 35.8 Å². The summed E-state index contributed by atoms with van der Waals surface area (Å²) in [5.74, 6) is -0.433.